The average Bonchev–Trinajstić information content (AvgIpc) is 3.09. The van der Waals surface area contributed by atoms with E-state index in [2.05, 4.69) is 5.32 Å². The summed E-state index contributed by atoms with van der Waals surface area (Å²) in [5, 5.41) is 12.4. The van der Waals surface area contributed by atoms with Crippen LogP contribution in [0.2, 0.25) is 5.02 Å². The van der Waals surface area contributed by atoms with Gasteiger partial charge in [-0.15, -0.1) is 0 Å². The Balaban J connectivity index is 1.83. The van der Waals surface area contributed by atoms with E-state index in [1.807, 2.05) is 19.1 Å². The van der Waals surface area contributed by atoms with Gasteiger partial charge in [0.15, 0.2) is 5.76 Å². The highest BCUT2D eigenvalue weighted by molar-refractivity contribution is 6.31. The Morgan fingerprint density at radius 1 is 1.00 bits per heavy atom. The number of aromatic carboxylic acids is 1. The van der Waals surface area contributed by atoms with Crippen LogP contribution in [0.25, 0.3) is 11.3 Å². The molecule has 0 fully saturated rings. The van der Waals surface area contributed by atoms with E-state index in [0.717, 1.165) is 16.7 Å². The number of furan rings is 1. The van der Waals surface area contributed by atoms with Crippen LogP contribution in [0.1, 0.15) is 32.0 Å². The van der Waals surface area contributed by atoms with Crippen LogP contribution in [0.5, 0.6) is 0 Å². The SMILES string of the molecule is Cc1ccc(-c2ccc(C(=O)Nc3cc(C(=O)O)ccc3C)o2)cc1Cl. The second-order valence-electron chi connectivity index (χ2n) is 5.92. The minimum absolute atomic E-state index is 0.0975. The van der Waals surface area contributed by atoms with Crippen molar-refractivity contribution in [2.24, 2.45) is 0 Å². The number of benzene rings is 2. The fraction of sp³-hybridized carbons (Fsp3) is 0.100. The first-order valence-electron chi connectivity index (χ1n) is 7.87. The number of rotatable bonds is 4. The number of nitrogens with one attached hydrogen (secondary N) is 1. The van der Waals surface area contributed by atoms with Crippen LogP contribution in [-0.2, 0) is 0 Å². The van der Waals surface area contributed by atoms with Crippen LogP contribution in [0.3, 0.4) is 0 Å². The number of aryl methyl sites for hydroxylation is 2. The fourth-order valence-corrected chi connectivity index (χ4v) is 2.62. The number of hydrogen-bond acceptors (Lipinski definition) is 3. The van der Waals surface area contributed by atoms with Crippen molar-refractivity contribution in [3.63, 3.8) is 0 Å². The van der Waals surface area contributed by atoms with E-state index in [0.29, 0.717) is 16.5 Å². The summed E-state index contributed by atoms with van der Waals surface area (Å²) in [5.74, 6) is -0.873. The molecule has 0 aliphatic heterocycles. The molecule has 5 nitrogen and oxygen atoms in total. The number of carboxylic acid groups (broad SMARTS) is 1. The number of anilines is 1. The normalized spacial score (nSPS) is 10.6. The smallest absolute Gasteiger partial charge is 0.335 e. The standard InChI is InChI=1S/C20H16ClNO4/c1-11-3-5-13(9-15(11)21)17-7-8-18(26-17)19(23)22-16-10-14(20(24)25)6-4-12(16)2/h3-10H,1-2H3,(H,22,23)(H,24,25). The van der Waals surface area contributed by atoms with Crippen LogP contribution >= 0.6 is 11.6 Å². The summed E-state index contributed by atoms with van der Waals surface area (Å²) in [7, 11) is 0. The summed E-state index contributed by atoms with van der Waals surface area (Å²) in [6.07, 6.45) is 0. The Hall–Kier alpha value is -3.05. The Kier molecular flexibility index (Phi) is 4.82. The number of amides is 1. The lowest BCUT2D eigenvalue weighted by atomic mass is 10.1. The van der Waals surface area contributed by atoms with Crippen LogP contribution in [0.15, 0.2) is 52.9 Å². The summed E-state index contributed by atoms with van der Waals surface area (Å²) < 4.78 is 5.63. The fourth-order valence-electron chi connectivity index (χ4n) is 2.43. The Labute approximate surface area is 155 Å². The summed E-state index contributed by atoms with van der Waals surface area (Å²) in [5.41, 5.74) is 2.99. The van der Waals surface area contributed by atoms with Crippen molar-refractivity contribution in [2.75, 3.05) is 5.32 Å². The van der Waals surface area contributed by atoms with Crippen molar-refractivity contribution in [2.45, 2.75) is 13.8 Å². The molecule has 132 valence electrons. The molecule has 1 heterocycles. The first kappa shape index (κ1) is 17.8. The lowest BCUT2D eigenvalue weighted by Crippen LogP contribution is -2.12. The maximum absolute atomic E-state index is 12.4. The van der Waals surface area contributed by atoms with Gasteiger partial charge in [0, 0.05) is 16.3 Å². The lowest BCUT2D eigenvalue weighted by molar-refractivity contribution is 0.0696. The maximum atomic E-state index is 12.4. The molecule has 1 amide bonds. The van der Waals surface area contributed by atoms with Crippen molar-refractivity contribution in [3.8, 4) is 11.3 Å². The highest BCUT2D eigenvalue weighted by Gasteiger charge is 2.15. The van der Waals surface area contributed by atoms with Crippen LogP contribution in [-0.4, -0.2) is 17.0 Å². The Morgan fingerprint density at radius 3 is 2.42 bits per heavy atom. The van der Waals surface area contributed by atoms with Gasteiger partial charge in [-0.25, -0.2) is 4.79 Å². The first-order chi connectivity index (χ1) is 12.3. The van der Waals surface area contributed by atoms with E-state index in [-0.39, 0.29) is 11.3 Å². The van der Waals surface area contributed by atoms with Crippen molar-refractivity contribution in [1.29, 1.82) is 0 Å². The third-order valence-electron chi connectivity index (χ3n) is 4.02. The molecule has 0 saturated carbocycles. The maximum Gasteiger partial charge on any atom is 0.335 e. The Bertz CT molecular complexity index is 1010. The number of halogens is 1. The lowest BCUT2D eigenvalue weighted by Gasteiger charge is -2.08. The minimum Gasteiger partial charge on any atom is -0.478 e. The van der Waals surface area contributed by atoms with E-state index in [1.165, 1.54) is 12.1 Å². The van der Waals surface area contributed by atoms with Gasteiger partial charge in [0.2, 0.25) is 0 Å². The summed E-state index contributed by atoms with van der Waals surface area (Å²) in [6, 6.07) is 13.3. The largest absolute Gasteiger partial charge is 0.478 e. The van der Waals surface area contributed by atoms with Gasteiger partial charge in [-0.2, -0.15) is 0 Å². The molecule has 0 saturated heterocycles. The van der Waals surface area contributed by atoms with E-state index in [1.54, 1.807) is 31.2 Å². The predicted octanol–water partition coefficient (Wildman–Crippen LogP) is 5.17. The molecule has 3 aromatic rings. The molecule has 0 bridgehead atoms. The van der Waals surface area contributed by atoms with E-state index in [4.69, 9.17) is 21.1 Å². The minimum atomic E-state index is -1.06. The summed E-state index contributed by atoms with van der Waals surface area (Å²) >= 11 is 6.13. The topological polar surface area (TPSA) is 79.5 Å². The van der Waals surface area contributed by atoms with E-state index < -0.39 is 11.9 Å². The molecule has 0 aliphatic rings. The third-order valence-corrected chi connectivity index (χ3v) is 4.43. The summed E-state index contributed by atoms with van der Waals surface area (Å²) in [6.45, 7) is 3.68. The van der Waals surface area contributed by atoms with Crippen molar-refractivity contribution in [3.05, 3.63) is 76.0 Å². The van der Waals surface area contributed by atoms with Gasteiger partial charge in [-0.05, 0) is 55.3 Å². The molecule has 0 atom stereocenters. The molecular weight excluding hydrogens is 354 g/mol. The number of carboxylic acids is 1. The molecule has 1 aromatic heterocycles. The molecule has 2 N–H and O–H groups in total. The molecule has 0 radical (unpaired) electrons. The molecule has 6 heteroatoms. The third kappa shape index (κ3) is 3.63. The van der Waals surface area contributed by atoms with Crippen molar-refractivity contribution in [1.82, 2.24) is 0 Å². The van der Waals surface area contributed by atoms with Crippen LogP contribution in [0, 0.1) is 13.8 Å². The Morgan fingerprint density at radius 2 is 1.73 bits per heavy atom. The van der Waals surface area contributed by atoms with Gasteiger partial charge in [0.25, 0.3) is 5.91 Å². The molecule has 2 aromatic carbocycles. The highest BCUT2D eigenvalue weighted by Crippen LogP contribution is 2.27. The molecule has 26 heavy (non-hydrogen) atoms. The van der Waals surface area contributed by atoms with Crippen LogP contribution < -0.4 is 5.32 Å². The van der Waals surface area contributed by atoms with Crippen LogP contribution in [0.4, 0.5) is 5.69 Å². The second kappa shape index (κ2) is 7.06. The summed E-state index contributed by atoms with van der Waals surface area (Å²) in [4.78, 5) is 23.5. The number of carbonyl (C=O) groups excluding carboxylic acids is 1. The number of hydrogen-bond donors (Lipinski definition) is 2. The van der Waals surface area contributed by atoms with Crippen molar-refractivity contribution >= 4 is 29.2 Å². The zero-order valence-electron chi connectivity index (χ0n) is 14.2. The van der Waals surface area contributed by atoms with Crippen molar-refractivity contribution < 1.29 is 19.1 Å². The molecule has 3 rings (SSSR count). The molecular formula is C20H16ClNO4. The van der Waals surface area contributed by atoms with Gasteiger partial charge in [-0.1, -0.05) is 29.8 Å². The molecule has 0 unspecified atom stereocenters. The molecule has 0 aliphatic carbocycles. The van der Waals surface area contributed by atoms with Gasteiger partial charge >= 0.3 is 5.97 Å². The van der Waals surface area contributed by atoms with E-state index >= 15 is 0 Å². The van der Waals surface area contributed by atoms with Gasteiger partial charge in [0.1, 0.15) is 5.76 Å². The average molecular weight is 370 g/mol. The predicted molar refractivity (Wildman–Crippen MR) is 100.0 cm³/mol. The first-order valence-corrected chi connectivity index (χ1v) is 8.24. The quantitative estimate of drug-likeness (QED) is 0.665. The van der Waals surface area contributed by atoms with E-state index in [9.17, 15) is 9.59 Å². The van der Waals surface area contributed by atoms with Gasteiger partial charge in [0.05, 0.1) is 5.56 Å². The van der Waals surface area contributed by atoms with Gasteiger partial charge < -0.3 is 14.8 Å². The highest BCUT2D eigenvalue weighted by atomic mass is 35.5. The zero-order valence-corrected chi connectivity index (χ0v) is 14.9. The zero-order chi connectivity index (χ0) is 18.8. The molecule has 0 spiro atoms. The monoisotopic (exact) mass is 369 g/mol. The second-order valence-corrected chi connectivity index (χ2v) is 6.32. The number of carbonyl (C=O) groups is 2. The van der Waals surface area contributed by atoms with Gasteiger partial charge in [-0.3, -0.25) is 4.79 Å².